The number of rotatable bonds is 6. The van der Waals surface area contributed by atoms with Gasteiger partial charge in [0.15, 0.2) is 0 Å². The molecule has 0 aromatic rings. The molecule has 4 heteroatoms. The van der Waals surface area contributed by atoms with Crippen molar-refractivity contribution in [1.82, 2.24) is 9.80 Å². The topological polar surface area (TPSA) is 40.6 Å². The number of hydrogen-bond acceptors (Lipinski definition) is 2. The summed E-state index contributed by atoms with van der Waals surface area (Å²) in [5.41, 5.74) is 1.27. The second kappa shape index (κ2) is 11.9. The van der Waals surface area contributed by atoms with Crippen molar-refractivity contribution in [3.05, 3.63) is 72.4 Å². The van der Waals surface area contributed by atoms with E-state index < -0.39 is 0 Å². The van der Waals surface area contributed by atoms with Crippen molar-refractivity contribution in [3.8, 4) is 0 Å². The Hall–Kier alpha value is -2.62. The lowest BCUT2D eigenvalue weighted by Crippen LogP contribution is -2.38. The standard InChI is InChI=1S/C22H30N2O2/c1-5-9-14-20(13-8-4)22(26)24-16-10-15-23(17-18-24)21(25)19(11-6-2)12-7-3/h5-9,11-14H,2,10,15-18H2,1,3-4H3/b9-5-,12-7-,13-8-,19-11+,20-14+. The molecule has 0 atom stereocenters. The Morgan fingerprint density at radius 3 is 1.69 bits per heavy atom. The van der Waals surface area contributed by atoms with Crippen molar-refractivity contribution >= 4 is 11.8 Å². The highest BCUT2D eigenvalue weighted by molar-refractivity contribution is 5.97. The molecular formula is C22H30N2O2. The molecule has 0 aromatic heterocycles. The summed E-state index contributed by atoms with van der Waals surface area (Å²) in [4.78, 5) is 29.1. The van der Waals surface area contributed by atoms with E-state index in [0.717, 1.165) is 6.42 Å². The number of nitrogens with zero attached hydrogens (tertiary/aromatic N) is 2. The van der Waals surface area contributed by atoms with E-state index in [-0.39, 0.29) is 11.8 Å². The fraction of sp³-hybridized carbons (Fsp3) is 0.364. The molecule has 1 aliphatic heterocycles. The molecule has 0 spiro atoms. The van der Waals surface area contributed by atoms with Crippen LogP contribution in [0.25, 0.3) is 0 Å². The molecule has 0 radical (unpaired) electrons. The largest absolute Gasteiger partial charge is 0.337 e. The number of hydrogen-bond donors (Lipinski definition) is 0. The minimum Gasteiger partial charge on any atom is -0.337 e. The van der Waals surface area contributed by atoms with Crippen LogP contribution in [0.15, 0.2) is 72.4 Å². The van der Waals surface area contributed by atoms with E-state index in [2.05, 4.69) is 6.58 Å². The third-order valence-electron chi connectivity index (χ3n) is 4.02. The highest BCUT2D eigenvalue weighted by Crippen LogP contribution is 2.12. The Labute approximate surface area is 157 Å². The van der Waals surface area contributed by atoms with Crippen molar-refractivity contribution in [1.29, 1.82) is 0 Å². The lowest BCUT2D eigenvalue weighted by atomic mass is 10.2. The Balaban J connectivity index is 2.87. The number of allylic oxidation sites excluding steroid dienone is 7. The minimum absolute atomic E-state index is 0.00538. The van der Waals surface area contributed by atoms with Crippen molar-refractivity contribution < 1.29 is 9.59 Å². The Bertz CT molecular complexity index is 651. The zero-order valence-corrected chi connectivity index (χ0v) is 16.1. The molecular weight excluding hydrogens is 324 g/mol. The summed E-state index contributed by atoms with van der Waals surface area (Å²) in [5, 5.41) is 0. The van der Waals surface area contributed by atoms with Crippen LogP contribution in [-0.2, 0) is 9.59 Å². The summed E-state index contributed by atoms with van der Waals surface area (Å²) in [6.07, 6.45) is 17.0. The van der Waals surface area contributed by atoms with Gasteiger partial charge in [0.25, 0.3) is 11.8 Å². The Morgan fingerprint density at radius 1 is 0.769 bits per heavy atom. The second-order valence-electron chi connectivity index (χ2n) is 5.94. The minimum atomic E-state index is -0.0181. The van der Waals surface area contributed by atoms with E-state index in [4.69, 9.17) is 0 Å². The van der Waals surface area contributed by atoms with Crippen LogP contribution in [0.5, 0.6) is 0 Å². The lowest BCUT2D eigenvalue weighted by molar-refractivity contribution is -0.129. The fourth-order valence-corrected chi connectivity index (χ4v) is 2.77. The Kier molecular flexibility index (Phi) is 9.77. The average Bonchev–Trinajstić information content (AvgIpc) is 2.90. The van der Waals surface area contributed by atoms with Crippen LogP contribution in [0.1, 0.15) is 27.2 Å². The molecule has 1 heterocycles. The summed E-state index contributed by atoms with van der Waals surface area (Å²) in [6.45, 7) is 11.7. The average molecular weight is 354 g/mol. The molecule has 1 rings (SSSR count). The van der Waals surface area contributed by atoms with Gasteiger partial charge < -0.3 is 9.80 Å². The third kappa shape index (κ3) is 6.36. The smallest absolute Gasteiger partial charge is 0.253 e. The first kappa shape index (κ1) is 21.4. The molecule has 1 aliphatic rings. The maximum Gasteiger partial charge on any atom is 0.253 e. The van der Waals surface area contributed by atoms with E-state index in [1.165, 1.54) is 0 Å². The van der Waals surface area contributed by atoms with Crippen LogP contribution in [0.3, 0.4) is 0 Å². The summed E-state index contributed by atoms with van der Waals surface area (Å²) < 4.78 is 0. The predicted molar refractivity (Wildman–Crippen MR) is 109 cm³/mol. The zero-order chi connectivity index (χ0) is 19.4. The molecule has 0 N–H and O–H groups in total. The maximum atomic E-state index is 12.8. The van der Waals surface area contributed by atoms with Gasteiger partial charge in [-0.15, -0.1) is 0 Å². The summed E-state index contributed by atoms with van der Waals surface area (Å²) in [7, 11) is 0. The molecule has 0 aromatic carbocycles. The van der Waals surface area contributed by atoms with E-state index in [0.29, 0.717) is 37.3 Å². The van der Waals surface area contributed by atoms with Gasteiger partial charge in [0.1, 0.15) is 0 Å². The summed E-state index contributed by atoms with van der Waals surface area (Å²) in [5.74, 6) is -0.0127. The van der Waals surface area contributed by atoms with E-state index in [9.17, 15) is 9.59 Å². The van der Waals surface area contributed by atoms with Gasteiger partial charge >= 0.3 is 0 Å². The quantitative estimate of drug-likeness (QED) is 0.537. The fourth-order valence-electron chi connectivity index (χ4n) is 2.77. The Morgan fingerprint density at radius 2 is 1.27 bits per heavy atom. The molecule has 140 valence electrons. The van der Waals surface area contributed by atoms with Crippen LogP contribution < -0.4 is 0 Å². The molecule has 2 amide bonds. The van der Waals surface area contributed by atoms with Gasteiger partial charge in [0, 0.05) is 37.3 Å². The van der Waals surface area contributed by atoms with Gasteiger partial charge in [-0.05, 0) is 33.3 Å². The SMILES string of the molecule is C=C/C=C(\C=C/C)C(=O)N1CCCN(C(=O)C(/C=C\C)=C/C=C\C)CC1. The van der Waals surface area contributed by atoms with Crippen LogP contribution in [0, 0.1) is 0 Å². The van der Waals surface area contributed by atoms with Gasteiger partial charge in [-0.25, -0.2) is 0 Å². The van der Waals surface area contributed by atoms with Gasteiger partial charge in [-0.3, -0.25) is 9.59 Å². The van der Waals surface area contributed by atoms with E-state index >= 15 is 0 Å². The lowest BCUT2D eigenvalue weighted by Gasteiger charge is -2.23. The third-order valence-corrected chi connectivity index (χ3v) is 4.02. The first-order valence-corrected chi connectivity index (χ1v) is 9.08. The summed E-state index contributed by atoms with van der Waals surface area (Å²) in [6, 6.07) is 0. The molecule has 26 heavy (non-hydrogen) atoms. The summed E-state index contributed by atoms with van der Waals surface area (Å²) >= 11 is 0. The van der Waals surface area contributed by atoms with Crippen LogP contribution in [0.2, 0.25) is 0 Å². The van der Waals surface area contributed by atoms with Gasteiger partial charge in [0.05, 0.1) is 0 Å². The van der Waals surface area contributed by atoms with E-state index in [1.54, 1.807) is 18.2 Å². The molecule has 0 saturated carbocycles. The van der Waals surface area contributed by atoms with Gasteiger partial charge in [0.2, 0.25) is 0 Å². The highest BCUT2D eigenvalue weighted by atomic mass is 16.2. The van der Waals surface area contributed by atoms with Crippen LogP contribution >= 0.6 is 0 Å². The van der Waals surface area contributed by atoms with Crippen LogP contribution in [0.4, 0.5) is 0 Å². The normalized spacial score (nSPS) is 17.3. The van der Waals surface area contributed by atoms with Gasteiger partial charge in [-0.2, -0.15) is 0 Å². The van der Waals surface area contributed by atoms with Crippen molar-refractivity contribution in [2.45, 2.75) is 27.2 Å². The first-order chi connectivity index (χ1) is 12.6. The molecule has 0 bridgehead atoms. The number of carbonyl (C=O) groups excluding carboxylic acids is 2. The number of carbonyl (C=O) groups is 2. The second-order valence-corrected chi connectivity index (χ2v) is 5.94. The molecule has 0 unspecified atom stereocenters. The molecule has 4 nitrogen and oxygen atoms in total. The monoisotopic (exact) mass is 354 g/mol. The maximum absolute atomic E-state index is 12.8. The molecule has 0 aliphatic carbocycles. The van der Waals surface area contributed by atoms with Crippen LogP contribution in [-0.4, -0.2) is 47.8 Å². The molecule has 1 saturated heterocycles. The predicted octanol–water partition coefficient (Wildman–Crippen LogP) is 3.81. The van der Waals surface area contributed by atoms with E-state index in [1.807, 2.05) is 67.0 Å². The highest BCUT2D eigenvalue weighted by Gasteiger charge is 2.23. The van der Waals surface area contributed by atoms with Crippen molar-refractivity contribution in [2.24, 2.45) is 0 Å². The van der Waals surface area contributed by atoms with Crippen molar-refractivity contribution in [2.75, 3.05) is 26.2 Å². The molecule has 1 fully saturated rings. The first-order valence-electron chi connectivity index (χ1n) is 9.08. The van der Waals surface area contributed by atoms with Crippen molar-refractivity contribution in [3.63, 3.8) is 0 Å². The number of amides is 2. The van der Waals surface area contributed by atoms with Gasteiger partial charge in [-0.1, -0.05) is 55.2 Å². The zero-order valence-electron chi connectivity index (χ0n) is 16.1.